The van der Waals surface area contributed by atoms with E-state index in [1.165, 1.54) is 11.8 Å². The van der Waals surface area contributed by atoms with E-state index in [1.807, 2.05) is 12.3 Å². The van der Waals surface area contributed by atoms with E-state index in [-0.39, 0.29) is 5.91 Å². The van der Waals surface area contributed by atoms with Gasteiger partial charge in [-0.3, -0.25) is 4.79 Å². The number of carbonyl (C=O) groups is 1. The molecule has 1 amide bonds. The molecule has 0 spiro atoms. The summed E-state index contributed by atoms with van der Waals surface area (Å²) in [5.74, 6) is -0.206. The third kappa shape index (κ3) is 1.22. The van der Waals surface area contributed by atoms with Crippen LogP contribution in [0.4, 0.5) is 0 Å². The zero-order chi connectivity index (χ0) is 10.1. The molecular formula is C10H6N2OS. The first kappa shape index (κ1) is 8.97. The Hall–Kier alpha value is -1.60. The monoisotopic (exact) mass is 202 g/mol. The number of amides is 1. The minimum absolute atomic E-state index is 0.206. The van der Waals surface area contributed by atoms with Crippen LogP contribution in [0.1, 0.15) is 5.56 Å². The summed E-state index contributed by atoms with van der Waals surface area (Å²) in [7, 11) is 0. The molecule has 0 saturated heterocycles. The molecule has 0 saturated carbocycles. The molecule has 0 aromatic heterocycles. The van der Waals surface area contributed by atoms with Crippen LogP contribution in [0, 0.1) is 11.3 Å². The maximum atomic E-state index is 11.4. The normalized spacial score (nSPS) is 13.4. The Bertz CT molecular complexity index is 569. The molecule has 1 aliphatic heterocycles. The van der Waals surface area contributed by atoms with Crippen LogP contribution in [-0.2, 0) is 4.79 Å². The second-order valence-corrected chi connectivity index (χ2v) is 3.61. The van der Waals surface area contributed by atoms with Crippen molar-refractivity contribution >= 4 is 22.6 Å². The zero-order valence-electron chi connectivity index (χ0n) is 7.44. The van der Waals surface area contributed by atoms with Gasteiger partial charge < -0.3 is 0 Å². The van der Waals surface area contributed by atoms with Crippen LogP contribution < -0.4 is 10.6 Å². The Labute approximate surface area is 84.8 Å². The highest BCUT2D eigenvalue weighted by molar-refractivity contribution is 8.08. The first-order valence-corrected chi connectivity index (χ1v) is 5.20. The van der Waals surface area contributed by atoms with Gasteiger partial charge in [0, 0.05) is 5.22 Å². The number of hydrogen-bond acceptors (Lipinski definition) is 3. The lowest BCUT2D eigenvalue weighted by atomic mass is 10.2. The fourth-order valence-electron chi connectivity index (χ4n) is 1.36. The number of nitriles is 1. The Morgan fingerprint density at radius 2 is 2.29 bits per heavy atom. The van der Waals surface area contributed by atoms with Gasteiger partial charge in [-0.05, 0) is 24.5 Å². The predicted molar refractivity (Wildman–Crippen MR) is 53.9 cm³/mol. The SMILES string of the molecule is CSC1=c2cc(C#N)ccc2=NC1=O. The molecule has 0 aliphatic carbocycles. The average molecular weight is 202 g/mol. The van der Waals surface area contributed by atoms with E-state index in [2.05, 4.69) is 4.99 Å². The lowest BCUT2D eigenvalue weighted by Crippen LogP contribution is -2.22. The molecule has 14 heavy (non-hydrogen) atoms. The summed E-state index contributed by atoms with van der Waals surface area (Å²) in [6, 6.07) is 7.11. The van der Waals surface area contributed by atoms with Crippen molar-refractivity contribution < 1.29 is 4.79 Å². The van der Waals surface area contributed by atoms with Crippen LogP contribution in [0.2, 0.25) is 0 Å². The summed E-state index contributed by atoms with van der Waals surface area (Å²) >= 11 is 1.37. The molecule has 0 radical (unpaired) electrons. The zero-order valence-corrected chi connectivity index (χ0v) is 8.26. The van der Waals surface area contributed by atoms with Crippen molar-refractivity contribution in [3.63, 3.8) is 0 Å². The van der Waals surface area contributed by atoms with Crippen LogP contribution in [-0.4, -0.2) is 12.2 Å². The summed E-state index contributed by atoms with van der Waals surface area (Å²) in [6.45, 7) is 0. The largest absolute Gasteiger partial charge is 0.284 e. The maximum Gasteiger partial charge on any atom is 0.284 e. The average Bonchev–Trinajstić information content (AvgIpc) is 2.52. The predicted octanol–water partition coefficient (Wildman–Crippen LogP) is 0.189. The summed E-state index contributed by atoms with van der Waals surface area (Å²) in [5, 5.41) is 10.2. The van der Waals surface area contributed by atoms with E-state index in [4.69, 9.17) is 5.26 Å². The third-order valence-corrected chi connectivity index (χ3v) is 2.79. The molecule has 0 unspecified atom stereocenters. The Kier molecular flexibility index (Phi) is 2.10. The highest BCUT2D eigenvalue weighted by Crippen LogP contribution is 2.14. The molecular weight excluding hydrogens is 196 g/mol. The summed E-state index contributed by atoms with van der Waals surface area (Å²) in [5.41, 5.74) is 0.556. The van der Waals surface area contributed by atoms with Gasteiger partial charge in [0.25, 0.3) is 5.91 Å². The summed E-state index contributed by atoms with van der Waals surface area (Å²) < 4.78 is 0. The molecule has 4 heteroatoms. The van der Waals surface area contributed by atoms with E-state index in [0.29, 0.717) is 15.8 Å². The molecule has 1 heterocycles. The molecule has 1 aromatic rings. The van der Waals surface area contributed by atoms with Crippen molar-refractivity contribution in [3.8, 4) is 6.07 Å². The van der Waals surface area contributed by atoms with Gasteiger partial charge in [0.05, 0.1) is 21.9 Å². The second kappa shape index (κ2) is 3.28. The molecule has 0 fully saturated rings. The van der Waals surface area contributed by atoms with Gasteiger partial charge >= 0.3 is 0 Å². The number of carbonyl (C=O) groups excluding carboxylic acids is 1. The van der Waals surface area contributed by atoms with Crippen molar-refractivity contribution in [1.82, 2.24) is 0 Å². The quantitative estimate of drug-likeness (QED) is 0.653. The number of hydrogen-bond donors (Lipinski definition) is 0. The minimum atomic E-state index is -0.206. The van der Waals surface area contributed by atoms with Crippen molar-refractivity contribution in [3.05, 3.63) is 34.3 Å². The highest BCUT2D eigenvalue weighted by atomic mass is 32.2. The lowest BCUT2D eigenvalue weighted by Gasteiger charge is -1.91. The van der Waals surface area contributed by atoms with Gasteiger partial charge in [-0.15, -0.1) is 11.8 Å². The lowest BCUT2D eigenvalue weighted by molar-refractivity contribution is -0.112. The van der Waals surface area contributed by atoms with Gasteiger partial charge in [-0.25, -0.2) is 4.99 Å². The van der Waals surface area contributed by atoms with Gasteiger partial charge in [0.1, 0.15) is 0 Å². The molecule has 0 bridgehead atoms. The molecule has 0 atom stereocenters. The number of fused-ring (bicyclic) bond motifs is 1. The number of nitrogens with zero attached hydrogens (tertiary/aromatic N) is 2. The minimum Gasteiger partial charge on any atom is -0.266 e. The molecule has 68 valence electrons. The Morgan fingerprint density at radius 1 is 1.50 bits per heavy atom. The van der Waals surface area contributed by atoms with Crippen molar-refractivity contribution in [2.45, 2.75) is 0 Å². The van der Waals surface area contributed by atoms with Crippen LogP contribution in [0.15, 0.2) is 23.2 Å². The molecule has 1 aliphatic rings. The molecule has 3 nitrogen and oxygen atoms in total. The van der Waals surface area contributed by atoms with Gasteiger partial charge in [-0.2, -0.15) is 5.26 Å². The van der Waals surface area contributed by atoms with E-state index in [0.717, 1.165) is 5.22 Å². The van der Waals surface area contributed by atoms with E-state index < -0.39 is 0 Å². The number of rotatable bonds is 1. The topological polar surface area (TPSA) is 53.2 Å². The van der Waals surface area contributed by atoms with Gasteiger partial charge in [0.2, 0.25) is 0 Å². The van der Waals surface area contributed by atoms with Crippen molar-refractivity contribution in [2.75, 3.05) is 6.26 Å². The van der Waals surface area contributed by atoms with Crippen LogP contribution in [0.25, 0.3) is 4.91 Å². The standard InChI is InChI=1S/C10H6N2OS/c1-14-9-7-4-6(5-11)2-3-8(7)12-10(9)13/h2-4H,1H3. The fraction of sp³-hybridized carbons (Fsp3) is 0.100. The third-order valence-electron chi connectivity index (χ3n) is 1.99. The van der Waals surface area contributed by atoms with Crippen LogP contribution >= 0.6 is 11.8 Å². The smallest absolute Gasteiger partial charge is 0.266 e. The first-order valence-electron chi connectivity index (χ1n) is 3.98. The molecule has 1 aromatic carbocycles. The summed E-state index contributed by atoms with van der Waals surface area (Å²) in [6.07, 6.45) is 1.83. The van der Waals surface area contributed by atoms with Gasteiger partial charge in [0.15, 0.2) is 0 Å². The Balaban J connectivity index is 2.85. The van der Waals surface area contributed by atoms with Gasteiger partial charge in [-0.1, -0.05) is 0 Å². The Morgan fingerprint density at radius 3 is 2.93 bits per heavy atom. The van der Waals surface area contributed by atoms with Crippen molar-refractivity contribution in [2.24, 2.45) is 4.99 Å². The second-order valence-electron chi connectivity index (χ2n) is 2.79. The maximum absolute atomic E-state index is 11.4. The van der Waals surface area contributed by atoms with E-state index in [1.54, 1.807) is 18.2 Å². The van der Waals surface area contributed by atoms with Crippen LogP contribution in [0.5, 0.6) is 0 Å². The van der Waals surface area contributed by atoms with E-state index >= 15 is 0 Å². The van der Waals surface area contributed by atoms with Crippen LogP contribution in [0.3, 0.4) is 0 Å². The number of benzene rings is 1. The first-order chi connectivity index (χ1) is 6.76. The fourth-order valence-corrected chi connectivity index (χ4v) is 1.96. The van der Waals surface area contributed by atoms with Crippen molar-refractivity contribution in [1.29, 1.82) is 5.26 Å². The van der Waals surface area contributed by atoms with E-state index in [9.17, 15) is 4.79 Å². The number of thioether (sulfide) groups is 1. The summed E-state index contributed by atoms with van der Waals surface area (Å²) in [4.78, 5) is 15.9. The highest BCUT2D eigenvalue weighted by Gasteiger charge is 2.14. The molecule has 2 rings (SSSR count). The molecule has 0 N–H and O–H groups in total.